The first kappa shape index (κ1) is 45.6. The van der Waals surface area contributed by atoms with Crippen LogP contribution in [0.5, 0.6) is 17.2 Å². The van der Waals surface area contributed by atoms with Crippen molar-refractivity contribution in [2.75, 3.05) is 50.8 Å². The average molecular weight is 940 g/mol. The van der Waals surface area contributed by atoms with Crippen molar-refractivity contribution in [3.05, 3.63) is 117 Å². The molecule has 66 heavy (non-hydrogen) atoms. The predicted molar refractivity (Wildman–Crippen MR) is 252 cm³/mol. The fourth-order valence-electron chi connectivity index (χ4n) is 9.62. The van der Waals surface area contributed by atoms with E-state index in [1.54, 1.807) is 24.4 Å². The summed E-state index contributed by atoms with van der Waals surface area (Å²) in [6, 6.07) is 19.0. The van der Waals surface area contributed by atoms with Gasteiger partial charge in [-0.2, -0.15) is 0 Å². The normalized spacial score (nSPS) is 21.3. The number of anilines is 1. The lowest BCUT2D eigenvalue weighted by Crippen LogP contribution is -2.47. The van der Waals surface area contributed by atoms with Crippen LogP contribution in [0.25, 0.3) is 16.6 Å². The van der Waals surface area contributed by atoms with Crippen LogP contribution < -0.4 is 19.1 Å². The van der Waals surface area contributed by atoms with E-state index in [-0.39, 0.29) is 59.2 Å². The van der Waals surface area contributed by atoms with Crippen LogP contribution in [-0.2, 0) is 21.2 Å². The molecule has 2 aromatic heterocycles. The third-order valence-corrected chi connectivity index (χ3v) is 15.0. The fourth-order valence-corrected chi connectivity index (χ4v) is 10.7. The number of sulfonamides is 1. The van der Waals surface area contributed by atoms with Crippen molar-refractivity contribution >= 4 is 55.5 Å². The number of piperazine rings is 1. The number of allylic oxidation sites excluding steroid dienone is 1. The molecule has 9 rings (SSSR count). The quantitative estimate of drug-likeness (QED) is 0.0754. The number of nitro benzene ring substituents is 1. The molecule has 1 saturated heterocycles. The second-order valence-electron chi connectivity index (χ2n) is 18.8. The summed E-state index contributed by atoms with van der Waals surface area (Å²) in [4.78, 5) is 37.5. The summed E-state index contributed by atoms with van der Waals surface area (Å²) in [5, 5.41) is 23.7. The van der Waals surface area contributed by atoms with E-state index >= 15 is 0 Å². The van der Waals surface area contributed by atoms with E-state index in [4.69, 9.17) is 25.8 Å². The van der Waals surface area contributed by atoms with E-state index < -0.39 is 31.4 Å². The smallest absolute Gasteiger partial charge is 0.277 e. The number of carbonyl (C=O) groups is 1. The second kappa shape index (κ2) is 19.0. The van der Waals surface area contributed by atoms with Gasteiger partial charge in [-0.1, -0.05) is 43.2 Å². The Bertz CT molecular complexity index is 2760. The molecule has 1 saturated carbocycles. The number of fused-ring (bicyclic) bond motifs is 2. The van der Waals surface area contributed by atoms with Crippen molar-refractivity contribution in [1.29, 1.82) is 0 Å². The molecule has 17 heteroatoms. The summed E-state index contributed by atoms with van der Waals surface area (Å²) in [6.45, 7) is 9.06. The number of H-pyrrole nitrogens is 1. The first-order valence-corrected chi connectivity index (χ1v) is 24.5. The first-order chi connectivity index (χ1) is 31.7. The molecule has 4 aliphatic rings. The number of carbonyl (C=O) groups excluding carboxylic acids is 1. The number of amides is 1. The molecule has 5 aromatic rings. The van der Waals surface area contributed by atoms with Crippen LogP contribution in [0.3, 0.4) is 0 Å². The van der Waals surface area contributed by atoms with Crippen LogP contribution in [0.1, 0.15) is 80.3 Å². The lowest BCUT2D eigenvalue weighted by Gasteiger charge is -2.39. The van der Waals surface area contributed by atoms with Crippen LogP contribution in [-0.4, -0.2) is 97.4 Å². The Labute approximate surface area is 389 Å². The van der Waals surface area contributed by atoms with Gasteiger partial charge < -0.3 is 29.2 Å². The largest absolute Gasteiger partial charge is 0.493 e. The van der Waals surface area contributed by atoms with Gasteiger partial charge in [0.1, 0.15) is 22.9 Å². The van der Waals surface area contributed by atoms with Crippen LogP contribution in [0.2, 0.25) is 5.02 Å². The number of nitrogens with zero attached hydrogens (tertiary/aromatic N) is 4. The minimum absolute atomic E-state index is 0.00295. The molecule has 0 unspecified atom stereocenters. The van der Waals surface area contributed by atoms with Crippen molar-refractivity contribution in [2.45, 2.75) is 82.3 Å². The standard InChI is InChI=1S/C49H55ClN6O9S/c1-49(2)15-13-34(43(26-49)32-3-5-35(50)6-4-32)28-54-17-19-55(20-18-54)36-7-12-41(46(23-36)65-39-22-33-14-16-51-47(33)52-27-39)48(58)53-66(61,62)40-24-44(56(59)60)42-21-31(30-64-45(42)25-40)29-63-38-10-8-37(57)9-11-38/h3-7,12,14,16,22-25,27,31,37-38,57H,8-11,13,15,17-21,26,28-30H2,1-2H3,(H,51,52)(H,53,58)/t31-,37?,38?/m1/s1. The molecule has 15 nitrogen and oxygen atoms in total. The number of hydrogen-bond acceptors (Lipinski definition) is 12. The maximum Gasteiger partial charge on any atom is 0.277 e. The predicted octanol–water partition coefficient (Wildman–Crippen LogP) is 8.69. The lowest BCUT2D eigenvalue weighted by atomic mass is 9.72. The van der Waals surface area contributed by atoms with Crippen LogP contribution >= 0.6 is 11.6 Å². The van der Waals surface area contributed by atoms with E-state index in [1.165, 1.54) is 35.0 Å². The molecule has 348 valence electrons. The van der Waals surface area contributed by atoms with E-state index in [0.29, 0.717) is 43.9 Å². The van der Waals surface area contributed by atoms with Gasteiger partial charge in [-0.3, -0.25) is 19.8 Å². The molecule has 1 atom stereocenters. The molecule has 2 aliphatic carbocycles. The zero-order valence-electron chi connectivity index (χ0n) is 37.1. The molecule has 3 N–H and O–H groups in total. The van der Waals surface area contributed by atoms with Gasteiger partial charge in [0.15, 0.2) is 0 Å². The summed E-state index contributed by atoms with van der Waals surface area (Å²) < 4.78 is 48.4. The number of aromatic amines is 1. The number of aliphatic hydroxyl groups excluding tert-OH is 1. The number of halogens is 1. The number of aliphatic hydroxyl groups is 1. The number of nitrogens with one attached hydrogen (secondary N) is 2. The molecule has 0 bridgehead atoms. The summed E-state index contributed by atoms with van der Waals surface area (Å²) in [6.07, 6.45) is 9.18. The second-order valence-corrected chi connectivity index (χ2v) is 20.9. The molecule has 1 amide bonds. The zero-order chi connectivity index (χ0) is 46.2. The maximum atomic E-state index is 14.1. The van der Waals surface area contributed by atoms with E-state index in [0.717, 1.165) is 73.9 Å². The number of aromatic nitrogens is 2. The molecule has 0 spiro atoms. The van der Waals surface area contributed by atoms with Gasteiger partial charge in [-0.25, -0.2) is 18.1 Å². The van der Waals surface area contributed by atoms with E-state index in [1.807, 2.05) is 18.2 Å². The Morgan fingerprint density at radius 1 is 1.05 bits per heavy atom. The molecular weight excluding hydrogens is 884 g/mol. The molecule has 2 aliphatic heterocycles. The van der Waals surface area contributed by atoms with Gasteiger partial charge >= 0.3 is 0 Å². The maximum absolute atomic E-state index is 14.1. The van der Waals surface area contributed by atoms with Crippen molar-refractivity contribution in [3.63, 3.8) is 0 Å². The van der Waals surface area contributed by atoms with Gasteiger partial charge in [-0.15, -0.1) is 0 Å². The van der Waals surface area contributed by atoms with Crippen LogP contribution in [0.4, 0.5) is 11.4 Å². The highest BCUT2D eigenvalue weighted by atomic mass is 35.5. The highest BCUT2D eigenvalue weighted by Gasteiger charge is 2.34. The Morgan fingerprint density at radius 3 is 2.58 bits per heavy atom. The van der Waals surface area contributed by atoms with Gasteiger partial charge in [0.05, 0.1) is 52.6 Å². The highest BCUT2D eigenvalue weighted by Crippen LogP contribution is 2.44. The molecular formula is C49H55ClN6O9S. The van der Waals surface area contributed by atoms with Gasteiger partial charge in [0, 0.05) is 79.1 Å². The average Bonchev–Trinajstić information content (AvgIpc) is 3.77. The minimum atomic E-state index is -4.66. The SMILES string of the molecule is CC1(C)CCC(CN2CCN(c3ccc(C(=O)NS(=O)(=O)c4cc5c(c([N+](=O)[O-])c4)C[C@H](COC4CCC(O)CC4)CO5)c(Oc4cnc5[nH]ccc5c4)c3)CC2)=C(c2ccc(Cl)cc2)C1. The Kier molecular flexibility index (Phi) is 13.1. The number of hydrogen-bond donors (Lipinski definition) is 3. The zero-order valence-corrected chi connectivity index (χ0v) is 38.7. The third-order valence-electron chi connectivity index (χ3n) is 13.4. The van der Waals surface area contributed by atoms with Gasteiger partial charge in [-0.05, 0) is 104 Å². The molecule has 2 fully saturated rings. The third kappa shape index (κ3) is 10.4. The summed E-state index contributed by atoms with van der Waals surface area (Å²) in [5.41, 5.74) is 5.54. The monoisotopic (exact) mass is 938 g/mol. The summed E-state index contributed by atoms with van der Waals surface area (Å²) in [7, 11) is -4.66. The topological polar surface area (TPSA) is 189 Å². The molecule has 3 aromatic carbocycles. The van der Waals surface area contributed by atoms with Crippen LogP contribution in [0, 0.1) is 21.4 Å². The summed E-state index contributed by atoms with van der Waals surface area (Å²) in [5.74, 6) is -0.656. The summed E-state index contributed by atoms with van der Waals surface area (Å²) >= 11 is 6.25. The number of nitro groups is 1. The first-order valence-electron chi connectivity index (χ1n) is 22.7. The number of ether oxygens (including phenoxy) is 3. The van der Waals surface area contributed by atoms with Gasteiger partial charge in [0.2, 0.25) is 0 Å². The molecule has 0 radical (unpaired) electrons. The van der Waals surface area contributed by atoms with Crippen molar-refractivity contribution < 1.29 is 37.5 Å². The van der Waals surface area contributed by atoms with E-state index in [9.17, 15) is 28.4 Å². The number of benzene rings is 3. The lowest BCUT2D eigenvalue weighted by molar-refractivity contribution is -0.386. The van der Waals surface area contributed by atoms with Crippen molar-refractivity contribution in [1.82, 2.24) is 19.6 Å². The van der Waals surface area contributed by atoms with E-state index in [2.05, 4.69) is 50.5 Å². The van der Waals surface area contributed by atoms with Crippen molar-refractivity contribution in [3.8, 4) is 17.2 Å². The van der Waals surface area contributed by atoms with Gasteiger partial charge in [0.25, 0.3) is 21.6 Å². The Morgan fingerprint density at radius 2 is 1.82 bits per heavy atom. The highest BCUT2D eigenvalue weighted by molar-refractivity contribution is 7.90. The Hall–Kier alpha value is -5.52. The number of pyridine rings is 1. The van der Waals surface area contributed by atoms with Crippen molar-refractivity contribution in [2.24, 2.45) is 11.3 Å². The Balaban J connectivity index is 0.922. The minimum Gasteiger partial charge on any atom is -0.493 e. The fraction of sp³-hybridized carbons (Fsp3) is 0.429. The molecule has 4 heterocycles. The van der Waals surface area contributed by atoms with Crippen LogP contribution in [0.15, 0.2) is 89.6 Å². The number of rotatable bonds is 13.